The van der Waals surface area contributed by atoms with Gasteiger partial charge in [0.2, 0.25) is 0 Å². The second-order valence-corrected chi connectivity index (χ2v) is 6.22. The average molecular weight is 251 g/mol. The first-order valence-electron chi connectivity index (χ1n) is 7.63. The van der Waals surface area contributed by atoms with Crippen LogP contribution >= 0.6 is 0 Å². The number of benzene rings is 2. The normalized spacial score (nSPS) is 20.3. The molecule has 1 nitrogen and oxygen atoms in total. The molecular formula is C18H21N. The van der Waals surface area contributed by atoms with Gasteiger partial charge in [-0.1, -0.05) is 43.2 Å². The molecule has 0 aliphatic heterocycles. The van der Waals surface area contributed by atoms with E-state index in [4.69, 9.17) is 5.73 Å². The highest BCUT2D eigenvalue weighted by molar-refractivity contribution is 5.93. The Morgan fingerprint density at radius 3 is 2.47 bits per heavy atom. The molecule has 1 saturated carbocycles. The van der Waals surface area contributed by atoms with Crippen LogP contribution in [0.2, 0.25) is 0 Å². The first-order chi connectivity index (χ1) is 9.34. The Bertz CT molecular complexity index is 613. The van der Waals surface area contributed by atoms with Crippen molar-refractivity contribution in [2.24, 2.45) is 11.7 Å². The van der Waals surface area contributed by atoms with E-state index in [0.717, 1.165) is 0 Å². The molecule has 0 amide bonds. The summed E-state index contributed by atoms with van der Waals surface area (Å²) in [6.07, 6.45) is 7.75. The SMILES string of the molecule is NC(c1ccc2c3c(cccc13)CC2)C1CCCC1. The Labute approximate surface area is 114 Å². The zero-order chi connectivity index (χ0) is 12.8. The van der Waals surface area contributed by atoms with E-state index in [1.165, 1.54) is 66.0 Å². The molecule has 19 heavy (non-hydrogen) atoms. The van der Waals surface area contributed by atoms with Crippen molar-refractivity contribution in [1.29, 1.82) is 0 Å². The van der Waals surface area contributed by atoms with Gasteiger partial charge in [0.05, 0.1) is 0 Å². The third-order valence-corrected chi connectivity index (χ3v) is 5.18. The van der Waals surface area contributed by atoms with Crippen LogP contribution in [-0.2, 0) is 12.8 Å². The van der Waals surface area contributed by atoms with Gasteiger partial charge < -0.3 is 5.73 Å². The Morgan fingerprint density at radius 2 is 1.68 bits per heavy atom. The van der Waals surface area contributed by atoms with E-state index >= 15 is 0 Å². The second-order valence-electron chi connectivity index (χ2n) is 6.22. The lowest BCUT2D eigenvalue weighted by atomic mass is 9.88. The molecular weight excluding hydrogens is 230 g/mol. The van der Waals surface area contributed by atoms with Gasteiger partial charge in [-0.2, -0.15) is 0 Å². The van der Waals surface area contributed by atoms with Crippen LogP contribution < -0.4 is 5.73 Å². The van der Waals surface area contributed by atoms with Crippen LogP contribution in [0, 0.1) is 5.92 Å². The molecule has 2 aromatic rings. The highest BCUT2D eigenvalue weighted by Crippen LogP contribution is 2.39. The summed E-state index contributed by atoms with van der Waals surface area (Å²) < 4.78 is 0. The molecule has 2 N–H and O–H groups in total. The van der Waals surface area contributed by atoms with Crippen molar-refractivity contribution in [3.05, 3.63) is 47.0 Å². The Morgan fingerprint density at radius 1 is 0.947 bits per heavy atom. The van der Waals surface area contributed by atoms with Gasteiger partial charge in [-0.3, -0.25) is 0 Å². The monoisotopic (exact) mass is 251 g/mol. The average Bonchev–Trinajstić information content (AvgIpc) is 3.09. The molecule has 2 aliphatic carbocycles. The van der Waals surface area contributed by atoms with Crippen LogP contribution in [0.25, 0.3) is 10.8 Å². The number of nitrogens with two attached hydrogens (primary N) is 1. The first-order valence-corrected chi connectivity index (χ1v) is 7.63. The van der Waals surface area contributed by atoms with Gasteiger partial charge in [-0.25, -0.2) is 0 Å². The van der Waals surface area contributed by atoms with Crippen LogP contribution in [0.15, 0.2) is 30.3 Å². The minimum absolute atomic E-state index is 0.229. The number of hydrogen-bond donors (Lipinski definition) is 1. The van der Waals surface area contributed by atoms with E-state index in [2.05, 4.69) is 30.3 Å². The fraction of sp³-hybridized carbons (Fsp3) is 0.444. The van der Waals surface area contributed by atoms with Gasteiger partial charge in [-0.15, -0.1) is 0 Å². The summed E-state index contributed by atoms with van der Waals surface area (Å²) in [7, 11) is 0. The van der Waals surface area contributed by atoms with Crippen LogP contribution in [0.3, 0.4) is 0 Å². The van der Waals surface area contributed by atoms with Crippen LogP contribution in [-0.4, -0.2) is 0 Å². The largest absolute Gasteiger partial charge is 0.324 e. The first kappa shape index (κ1) is 11.5. The van der Waals surface area contributed by atoms with Gasteiger partial charge in [-0.05, 0) is 59.1 Å². The Hall–Kier alpha value is -1.34. The molecule has 98 valence electrons. The van der Waals surface area contributed by atoms with E-state index < -0.39 is 0 Å². The minimum Gasteiger partial charge on any atom is -0.324 e. The number of rotatable bonds is 2. The molecule has 0 heterocycles. The lowest BCUT2D eigenvalue weighted by Gasteiger charge is -2.21. The molecule has 0 saturated heterocycles. The predicted molar refractivity (Wildman–Crippen MR) is 80.2 cm³/mol. The van der Waals surface area contributed by atoms with Gasteiger partial charge in [0.25, 0.3) is 0 Å². The predicted octanol–water partition coefficient (Wildman–Crippen LogP) is 4.13. The van der Waals surface area contributed by atoms with E-state index in [-0.39, 0.29) is 6.04 Å². The molecule has 1 atom stereocenters. The summed E-state index contributed by atoms with van der Waals surface area (Å²) in [6.45, 7) is 0. The lowest BCUT2D eigenvalue weighted by molar-refractivity contribution is 0.447. The molecule has 2 aromatic carbocycles. The Balaban J connectivity index is 1.87. The molecule has 1 fully saturated rings. The van der Waals surface area contributed by atoms with E-state index in [9.17, 15) is 0 Å². The molecule has 4 rings (SSSR count). The molecule has 0 bridgehead atoms. The van der Waals surface area contributed by atoms with E-state index in [0.29, 0.717) is 5.92 Å². The van der Waals surface area contributed by atoms with E-state index in [1.54, 1.807) is 0 Å². The van der Waals surface area contributed by atoms with Gasteiger partial charge in [0, 0.05) is 6.04 Å². The standard InChI is InChI=1S/C18H21N/c19-18(14-4-1-2-5-14)16-11-10-13-9-8-12-6-3-7-15(16)17(12)13/h3,6-7,10-11,14,18H,1-2,4-5,8-9,19H2. The van der Waals surface area contributed by atoms with Crippen molar-refractivity contribution >= 4 is 10.8 Å². The van der Waals surface area contributed by atoms with Gasteiger partial charge in [0.1, 0.15) is 0 Å². The van der Waals surface area contributed by atoms with Crippen LogP contribution in [0.1, 0.15) is 48.4 Å². The fourth-order valence-electron chi connectivity index (χ4n) is 4.13. The van der Waals surface area contributed by atoms with Crippen LogP contribution in [0.5, 0.6) is 0 Å². The molecule has 1 unspecified atom stereocenters. The summed E-state index contributed by atoms with van der Waals surface area (Å²) >= 11 is 0. The molecule has 2 aliphatic rings. The maximum atomic E-state index is 6.59. The summed E-state index contributed by atoms with van der Waals surface area (Å²) in [5, 5.41) is 2.93. The lowest BCUT2D eigenvalue weighted by Crippen LogP contribution is -2.19. The number of hydrogen-bond acceptors (Lipinski definition) is 1. The van der Waals surface area contributed by atoms with Gasteiger partial charge in [0.15, 0.2) is 0 Å². The third-order valence-electron chi connectivity index (χ3n) is 5.18. The highest BCUT2D eigenvalue weighted by atomic mass is 14.7. The molecule has 0 aromatic heterocycles. The zero-order valence-electron chi connectivity index (χ0n) is 11.4. The van der Waals surface area contributed by atoms with Crippen molar-refractivity contribution in [2.75, 3.05) is 0 Å². The maximum Gasteiger partial charge on any atom is 0.0329 e. The minimum atomic E-state index is 0.229. The summed E-state index contributed by atoms with van der Waals surface area (Å²) in [4.78, 5) is 0. The Kier molecular flexibility index (Phi) is 2.63. The van der Waals surface area contributed by atoms with Crippen molar-refractivity contribution in [3.8, 4) is 0 Å². The van der Waals surface area contributed by atoms with Crippen molar-refractivity contribution < 1.29 is 0 Å². The molecule has 1 heteroatoms. The topological polar surface area (TPSA) is 26.0 Å². The van der Waals surface area contributed by atoms with Crippen molar-refractivity contribution in [1.82, 2.24) is 0 Å². The fourth-order valence-corrected chi connectivity index (χ4v) is 4.13. The quantitative estimate of drug-likeness (QED) is 0.853. The van der Waals surface area contributed by atoms with Crippen molar-refractivity contribution in [2.45, 2.75) is 44.6 Å². The van der Waals surface area contributed by atoms with Crippen LogP contribution in [0.4, 0.5) is 0 Å². The summed E-state index contributed by atoms with van der Waals surface area (Å²) in [5.41, 5.74) is 11.0. The van der Waals surface area contributed by atoms with Gasteiger partial charge >= 0.3 is 0 Å². The smallest absolute Gasteiger partial charge is 0.0329 e. The molecule has 0 radical (unpaired) electrons. The highest BCUT2D eigenvalue weighted by Gasteiger charge is 2.26. The zero-order valence-corrected chi connectivity index (χ0v) is 11.4. The molecule has 0 spiro atoms. The summed E-state index contributed by atoms with van der Waals surface area (Å²) in [6, 6.07) is 11.6. The van der Waals surface area contributed by atoms with Crippen molar-refractivity contribution in [3.63, 3.8) is 0 Å². The number of aryl methyl sites for hydroxylation is 2. The van der Waals surface area contributed by atoms with E-state index in [1.807, 2.05) is 0 Å². The second kappa shape index (κ2) is 4.35. The maximum absolute atomic E-state index is 6.59. The third kappa shape index (κ3) is 1.72. The summed E-state index contributed by atoms with van der Waals surface area (Å²) in [5.74, 6) is 0.693.